The molecule has 0 bridgehead atoms. The van der Waals surface area contributed by atoms with Crippen molar-refractivity contribution in [2.75, 3.05) is 13.2 Å². The van der Waals surface area contributed by atoms with E-state index in [-0.39, 0.29) is 5.97 Å². The van der Waals surface area contributed by atoms with Gasteiger partial charge in [-0.1, -0.05) is 24.3 Å². The van der Waals surface area contributed by atoms with Gasteiger partial charge in [-0.3, -0.25) is 4.79 Å². The Kier molecular flexibility index (Phi) is 4.15. The van der Waals surface area contributed by atoms with Gasteiger partial charge in [0.05, 0.1) is 6.61 Å². The van der Waals surface area contributed by atoms with Crippen molar-refractivity contribution in [1.29, 1.82) is 0 Å². The largest absolute Gasteiger partial charge is 0.466 e. The standard InChI is InChI=1S/C14H19NO2/c1-2-17-14(16)8-11-7-12-5-3-4-6-13(12)10-15-9-11/h3-6,11,15H,2,7-10H2,1H3. The summed E-state index contributed by atoms with van der Waals surface area (Å²) in [7, 11) is 0. The quantitative estimate of drug-likeness (QED) is 0.810. The number of ether oxygens (including phenoxy) is 1. The molecule has 1 N–H and O–H groups in total. The monoisotopic (exact) mass is 233 g/mol. The number of carbonyl (C=O) groups is 1. The van der Waals surface area contributed by atoms with Crippen molar-refractivity contribution >= 4 is 5.97 Å². The summed E-state index contributed by atoms with van der Waals surface area (Å²) in [5.74, 6) is 0.261. The first kappa shape index (κ1) is 12.1. The molecule has 0 saturated heterocycles. The summed E-state index contributed by atoms with van der Waals surface area (Å²) in [6, 6.07) is 8.42. The molecule has 0 amide bonds. The Morgan fingerprint density at radius 3 is 2.94 bits per heavy atom. The summed E-state index contributed by atoms with van der Waals surface area (Å²) < 4.78 is 5.01. The lowest BCUT2D eigenvalue weighted by Crippen LogP contribution is -2.23. The highest BCUT2D eigenvalue weighted by Gasteiger charge is 2.19. The van der Waals surface area contributed by atoms with Crippen LogP contribution >= 0.6 is 0 Å². The third-order valence-electron chi connectivity index (χ3n) is 3.14. The van der Waals surface area contributed by atoms with E-state index in [1.165, 1.54) is 11.1 Å². The molecule has 0 aliphatic carbocycles. The summed E-state index contributed by atoms with van der Waals surface area (Å²) in [5, 5.41) is 3.39. The van der Waals surface area contributed by atoms with Crippen LogP contribution in [0.3, 0.4) is 0 Å². The van der Waals surface area contributed by atoms with Gasteiger partial charge in [-0.05, 0) is 36.9 Å². The number of fused-ring (bicyclic) bond motifs is 1. The lowest BCUT2D eigenvalue weighted by molar-refractivity contribution is -0.144. The van der Waals surface area contributed by atoms with Crippen LogP contribution < -0.4 is 5.32 Å². The van der Waals surface area contributed by atoms with Crippen LogP contribution in [0.2, 0.25) is 0 Å². The average Bonchev–Trinajstić information content (AvgIpc) is 2.50. The van der Waals surface area contributed by atoms with E-state index in [0.717, 1.165) is 19.5 Å². The Morgan fingerprint density at radius 1 is 1.41 bits per heavy atom. The molecule has 0 spiro atoms. The molecular formula is C14H19NO2. The van der Waals surface area contributed by atoms with Crippen LogP contribution in [0.25, 0.3) is 0 Å². The van der Waals surface area contributed by atoms with Gasteiger partial charge in [0, 0.05) is 13.0 Å². The van der Waals surface area contributed by atoms with Crippen molar-refractivity contribution in [3.05, 3.63) is 35.4 Å². The molecule has 1 atom stereocenters. The summed E-state index contributed by atoms with van der Waals surface area (Å²) in [5.41, 5.74) is 2.70. The molecule has 92 valence electrons. The van der Waals surface area contributed by atoms with Gasteiger partial charge in [0.1, 0.15) is 0 Å². The van der Waals surface area contributed by atoms with Gasteiger partial charge in [0.25, 0.3) is 0 Å². The maximum absolute atomic E-state index is 11.5. The molecule has 1 aromatic rings. The van der Waals surface area contributed by atoms with Crippen molar-refractivity contribution in [3.8, 4) is 0 Å². The molecular weight excluding hydrogens is 214 g/mol. The van der Waals surface area contributed by atoms with Gasteiger partial charge in [-0.2, -0.15) is 0 Å². The lowest BCUT2D eigenvalue weighted by Gasteiger charge is -2.13. The molecule has 3 nitrogen and oxygen atoms in total. The second-order valence-electron chi connectivity index (χ2n) is 4.48. The molecule has 3 heteroatoms. The van der Waals surface area contributed by atoms with Gasteiger partial charge in [-0.25, -0.2) is 0 Å². The van der Waals surface area contributed by atoms with Crippen LogP contribution in [0, 0.1) is 5.92 Å². The molecule has 1 unspecified atom stereocenters. The van der Waals surface area contributed by atoms with Crippen molar-refractivity contribution in [1.82, 2.24) is 5.32 Å². The topological polar surface area (TPSA) is 38.3 Å². The van der Waals surface area contributed by atoms with E-state index in [9.17, 15) is 4.79 Å². The fourth-order valence-corrected chi connectivity index (χ4v) is 2.32. The van der Waals surface area contributed by atoms with Crippen LogP contribution in [0.5, 0.6) is 0 Å². The molecule has 0 aromatic heterocycles. The van der Waals surface area contributed by atoms with E-state index in [0.29, 0.717) is 18.9 Å². The van der Waals surface area contributed by atoms with E-state index in [1.54, 1.807) is 0 Å². The Balaban J connectivity index is 2.00. The third-order valence-corrected chi connectivity index (χ3v) is 3.14. The fourth-order valence-electron chi connectivity index (χ4n) is 2.32. The number of esters is 1. The SMILES string of the molecule is CCOC(=O)CC1CNCc2ccccc2C1. The number of benzene rings is 1. The van der Waals surface area contributed by atoms with E-state index >= 15 is 0 Å². The van der Waals surface area contributed by atoms with Gasteiger partial charge >= 0.3 is 5.97 Å². The Morgan fingerprint density at radius 2 is 2.18 bits per heavy atom. The number of carbonyl (C=O) groups excluding carboxylic acids is 1. The Hall–Kier alpha value is -1.35. The maximum atomic E-state index is 11.5. The summed E-state index contributed by atoms with van der Waals surface area (Å²) in [6.07, 6.45) is 1.47. The van der Waals surface area contributed by atoms with Crippen molar-refractivity contribution in [2.45, 2.75) is 26.3 Å². The fraction of sp³-hybridized carbons (Fsp3) is 0.500. The molecule has 1 heterocycles. The van der Waals surface area contributed by atoms with Crippen LogP contribution in [-0.4, -0.2) is 19.1 Å². The average molecular weight is 233 g/mol. The minimum absolute atomic E-state index is 0.0846. The zero-order valence-corrected chi connectivity index (χ0v) is 10.2. The maximum Gasteiger partial charge on any atom is 0.306 e. The normalized spacial score (nSPS) is 19.2. The van der Waals surface area contributed by atoms with Crippen molar-refractivity contribution in [3.63, 3.8) is 0 Å². The van der Waals surface area contributed by atoms with Gasteiger partial charge in [0.2, 0.25) is 0 Å². The van der Waals surface area contributed by atoms with Crippen molar-refractivity contribution < 1.29 is 9.53 Å². The molecule has 1 aliphatic heterocycles. The zero-order valence-electron chi connectivity index (χ0n) is 10.2. The highest BCUT2D eigenvalue weighted by Crippen LogP contribution is 2.19. The van der Waals surface area contributed by atoms with E-state index in [1.807, 2.05) is 6.92 Å². The van der Waals surface area contributed by atoms with Crippen LogP contribution in [0.15, 0.2) is 24.3 Å². The molecule has 2 rings (SSSR count). The van der Waals surface area contributed by atoms with Gasteiger partial charge in [-0.15, -0.1) is 0 Å². The van der Waals surface area contributed by atoms with Crippen LogP contribution in [0.4, 0.5) is 0 Å². The van der Waals surface area contributed by atoms with Crippen LogP contribution in [-0.2, 0) is 22.5 Å². The molecule has 0 saturated carbocycles. The molecule has 0 fully saturated rings. The summed E-state index contributed by atoms with van der Waals surface area (Å²) >= 11 is 0. The van der Waals surface area contributed by atoms with Crippen molar-refractivity contribution in [2.24, 2.45) is 5.92 Å². The predicted octanol–water partition coefficient (Wildman–Crippen LogP) is 1.90. The molecule has 1 aromatic carbocycles. The Labute approximate surface area is 102 Å². The first-order chi connectivity index (χ1) is 8.29. The lowest BCUT2D eigenvalue weighted by atomic mass is 9.95. The first-order valence-corrected chi connectivity index (χ1v) is 6.22. The summed E-state index contributed by atoms with van der Waals surface area (Å²) in [4.78, 5) is 11.5. The van der Waals surface area contributed by atoms with Crippen LogP contribution in [0.1, 0.15) is 24.5 Å². The first-order valence-electron chi connectivity index (χ1n) is 6.22. The minimum Gasteiger partial charge on any atom is -0.466 e. The highest BCUT2D eigenvalue weighted by molar-refractivity contribution is 5.69. The number of hydrogen-bond acceptors (Lipinski definition) is 3. The van der Waals surface area contributed by atoms with Gasteiger partial charge < -0.3 is 10.1 Å². The number of nitrogens with one attached hydrogen (secondary N) is 1. The third kappa shape index (κ3) is 3.30. The molecule has 17 heavy (non-hydrogen) atoms. The molecule has 1 aliphatic rings. The number of rotatable bonds is 3. The van der Waals surface area contributed by atoms with E-state index in [2.05, 4.69) is 29.6 Å². The van der Waals surface area contributed by atoms with E-state index < -0.39 is 0 Å². The Bertz CT molecular complexity index is 390. The molecule has 0 radical (unpaired) electrons. The van der Waals surface area contributed by atoms with Gasteiger partial charge in [0.15, 0.2) is 0 Å². The number of hydrogen-bond donors (Lipinski definition) is 1. The zero-order chi connectivity index (χ0) is 12.1. The second kappa shape index (κ2) is 5.82. The smallest absolute Gasteiger partial charge is 0.306 e. The highest BCUT2D eigenvalue weighted by atomic mass is 16.5. The van der Waals surface area contributed by atoms with E-state index in [4.69, 9.17) is 4.74 Å². The minimum atomic E-state index is -0.0846. The summed E-state index contributed by atoms with van der Waals surface area (Å²) in [6.45, 7) is 4.09. The second-order valence-corrected chi connectivity index (χ2v) is 4.48. The predicted molar refractivity (Wildman–Crippen MR) is 66.6 cm³/mol.